The Labute approximate surface area is 100 Å². The van der Waals surface area contributed by atoms with Crippen LogP contribution in [0.25, 0.3) is 0 Å². The minimum atomic E-state index is -4.59. The maximum absolute atomic E-state index is 10.4. The van der Waals surface area contributed by atoms with E-state index in [9.17, 15) is 14.4 Å². The standard InChI is InChI=1S/C6H8NO3P.2Li/c7-5-1-3-6(4-2-5)11(8,9)10;;/h1-4H,7H2,(H2,8,9,10);;/q;2*+1/p-2. The first kappa shape index (κ1) is 15.8. The van der Waals surface area contributed by atoms with Gasteiger partial charge in [-0.2, -0.15) is 0 Å². The van der Waals surface area contributed by atoms with Gasteiger partial charge in [0.25, 0.3) is 0 Å². The van der Waals surface area contributed by atoms with Crippen LogP contribution in [0.4, 0.5) is 5.69 Å². The van der Waals surface area contributed by atoms with Crippen LogP contribution in [0.1, 0.15) is 0 Å². The van der Waals surface area contributed by atoms with E-state index >= 15 is 0 Å². The Balaban J connectivity index is 0. The summed E-state index contributed by atoms with van der Waals surface area (Å²) in [6, 6.07) is 5.13. The molecule has 0 heterocycles. The van der Waals surface area contributed by atoms with E-state index in [1.54, 1.807) is 0 Å². The van der Waals surface area contributed by atoms with Crippen LogP contribution in [0, 0.1) is 0 Å². The van der Waals surface area contributed by atoms with Crippen molar-refractivity contribution < 1.29 is 52.1 Å². The fourth-order valence-electron chi connectivity index (χ4n) is 0.657. The largest absolute Gasteiger partial charge is 1.00 e. The molecule has 1 aromatic carbocycles. The molecule has 0 aliphatic heterocycles. The number of anilines is 1. The van der Waals surface area contributed by atoms with Crippen molar-refractivity contribution in [3.05, 3.63) is 24.3 Å². The van der Waals surface area contributed by atoms with E-state index in [4.69, 9.17) is 5.73 Å². The monoisotopic (exact) mass is 185 g/mol. The van der Waals surface area contributed by atoms with Gasteiger partial charge in [-0.1, -0.05) is 12.1 Å². The minimum absolute atomic E-state index is 0. The molecule has 0 amide bonds. The van der Waals surface area contributed by atoms with Crippen molar-refractivity contribution in [2.75, 3.05) is 5.73 Å². The van der Waals surface area contributed by atoms with Crippen LogP contribution in [0.5, 0.6) is 0 Å². The fraction of sp³-hybridized carbons (Fsp3) is 0. The molecular weight excluding hydrogens is 179 g/mol. The molecule has 0 spiro atoms. The van der Waals surface area contributed by atoms with Crippen LogP contribution in [0.2, 0.25) is 0 Å². The molecule has 7 heteroatoms. The van der Waals surface area contributed by atoms with Crippen molar-refractivity contribution in [3.63, 3.8) is 0 Å². The van der Waals surface area contributed by atoms with Crippen molar-refractivity contribution in [1.29, 1.82) is 0 Å². The molecule has 0 atom stereocenters. The van der Waals surface area contributed by atoms with Gasteiger partial charge < -0.3 is 20.1 Å². The first-order valence-corrected chi connectivity index (χ1v) is 4.42. The summed E-state index contributed by atoms with van der Waals surface area (Å²) in [6.45, 7) is 0. The normalized spacial score (nSPS) is 9.69. The number of hydrogen-bond acceptors (Lipinski definition) is 4. The van der Waals surface area contributed by atoms with E-state index in [1.807, 2.05) is 0 Å². The van der Waals surface area contributed by atoms with Gasteiger partial charge in [-0.05, 0) is 25.0 Å². The molecule has 0 bridgehead atoms. The molecule has 0 saturated heterocycles. The molecule has 13 heavy (non-hydrogen) atoms. The van der Waals surface area contributed by atoms with Crippen LogP contribution in [-0.4, -0.2) is 0 Å². The van der Waals surface area contributed by atoms with Crippen LogP contribution >= 0.6 is 7.60 Å². The van der Waals surface area contributed by atoms with E-state index in [-0.39, 0.29) is 43.0 Å². The van der Waals surface area contributed by atoms with E-state index in [0.29, 0.717) is 5.69 Å². The number of hydrogen-bond donors (Lipinski definition) is 1. The van der Waals surface area contributed by atoms with Gasteiger partial charge in [0.15, 0.2) is 0 Å². The Bertz CT molecular complexity index is 297. The molecule has 0 radical (unpaired) electrons. The Morgan fingerprint density at radius 1 is 1.08 bits per heavy atom. The Morgan fingerprint density at radius 2 is 1.46 bits per heavy atom. The molecule has 1 rings (SSSR count). The second-order valence-electron chi connectivity index (χ2n) is 2.09. The maximum atomic E-state index is 10.4. The SMILES string of the molecule is Nc1ccc(P(=O)([O-])[O-])cc1.[Li+].[Li+]. The quantitative estimate of drug-likeness (QED) is 0.267. The van der Waals surface area contributed by atoms with Crippen molar-refractivity contribution >= 4 is 18.6 Å². The van der Waals surface area contributed by atoms with Gasteiger partial charge in [-0.15, -0.1) is 0 Å². The Morgan fingerprint density at radius 3 is 1.77 bits per heavy atom. The average molecular weight is 185 g/mol. The number of nitrogen functional groups attached to an aromatic ring is 1. The maximum Gasteiger partial charge on any atom is 1.00 e. The summed E-state index contributed by atoms with van der Waals surface area (Å²) in [5, 5.41) is -0.230. The average Bonchev–Trinajstić information content (AvgIpc) is 1.86. The van der Waals surface area contributed by atoms with Gasteiger partial charge in [-0.25, -0.2) is 0 Å². The number of rotatable bonds is 1. The summed E-state index contributed by atoms with van der Waals surface area (Å²) in [5.41, 5.74) is 5.71. The summed E-state index contributed by atoms with van der Waals surface area (Å²) in [7, 11) is -4.59. The molecule has 0 aliphatic carbocycles. The van der Waals surface area contributed by atoms with Crippen molar-refractivity contribution in [2.45, 2.75) is 0 Å². The molecule has 2 N–H and O–H groups in total. The third kappa shape index (κ3) is 4.96. The van der Waals surface area contributed by atoms with E-state index in [2.05, 4.69) is 0 Å². The fourth-order valence-corrected chi connectivity index (χ4v) is 1.17. The number of benzene rings is 1. The summed E-state index contributed by atoms with van der Waals surface area (Å²) in [4.78, 5) is 20.8. The van der Waals surface area contributed by atoms with E-state index in [0.717, 1.165) is 0 Å². The smallest absolute Gasteiger partial charge is 0.807 e. The predicted octanol–water partition coefficient (Wildman–Crippen LogP) is -7.18. The Kier molecular flexibility index (Phi) is 7.26. The van der Waals surface area contributed by atoms with Crippen LogP contribution in [0.15, 0.2) is 24.3 Å². The molecular formula is C6H6Li2NO3P. The van der Waals surface area contributed by atoms with Gasteiger partial charge in [0.05, 0.1) is 0 Å². The first-order valence-electron chi connectivity index (χ1n) is 2.88. The van der Waals surface area contributed by atoms with Crippen LogP contribution < -0.4 is 58.5 Å². The van der Waals surface area contributed by atoms with Crippen molar-refractivity contribution in [2.24, 2.45) is 0 Å². The van der Waals surface area contributed by atoms with E-state index in [1.165, 1.54) is 24.3 Å². The molecule has 0 unspecified atom stereocenters. The molecule has 0 saturated carbocycles. The predicted molar refractivity (Wildman–Crippen MR) is 38.1 cm³/mol. The second kappa shape index (κ2) is 5.96. The molecule has 1 aromatic rings. The third-order valence-electron chi connectivity index (χ3n) is 1.21. The summed E-state index contributed by atoms with van der Waals surface area (Å²) in [5.74, 6) is 0. The summed E-state index contributed by atoms with van der Waals surface area (Å²) >= 11 is 0. The number of nitrogens with two attached hydrogens (primary N) is 1. The zero-order valence-corrected chi connectivity index (χ0v) is 8.45. The molecule has 60 valence electrons. The molecule has 4 nitrogen and oxygen atoms in total. The van der Waals surface area contributed by atoms with Crippen LogP contribution in [-0.2, 0) is 4.57 Å². The van der Waals surface area contributed by atoms with Gasteiger partial charge in [-0.3, -0.25) is 0 Å². The Hall–Kier alpha value is 0.365. The zero-order chi connectivity index (χ0) is 8.48. The topological polar surface area (TPSA) is 89.2 Å². The van der Waals surface area contributed by atoms with Gasteiger partial charge >= 0.3 is 37.7 Å². The zero-order valence-electron chi connectivity index (χ0n) is 7.56. The summed E-state index contributed by atoms with van der Waals surface area (Å²) < 4.78 is 10.4. The molecule has 0 fully saturated rings. The molecule has 0 aromatic heterocycles. The van der Waals surface area contributed by atoms with E-state index < -0.39 is 7.60 Å². The first-order chi connectivity index (χ1) is 5.00. The van der Waals surface area contributed by atoms with Crippen molar-refractivity contribution in [1.82, 2.24) is 0 Å². The van der Waals surface area contributed by atoms with Gasteiger partial charge in [0, 0.05) is 5.69 Å². The van der Waals surface area contributed by atoms with Crippen molar-refractivity contribution in [3.8, 4) is 0 Å². The molecule has 0 aliphatic rings. The van der Waals surface area contributed by atoms with Gasteiger partial charge in [0.1, 0.15) is 0 Å². The summed E-state index contributed by atoms with van der Waals surface area (Å²) in [6.07, 6.45) is 0. The van der Waals surface area contributed by atoms with Gasteiger partial charge in [0.2, 0.25) is 0 Å². The minimum Gasteiger partial charge on any atom is -0.807 e. The third-order valence-corrected chi connectivity index (χ3v) is 2.14. The van der Waals surface area contributed by atoms with Crippen LogP contribution in [0.3, 0.4) is 0 Å². The second-order valence-corrected chi connectivity index (χ2v) is 3.60.